The molecule has 0 aliphatic rings. The van der Waals surface area contributed by atoms with Gasteiger partial charge in [-0.15, -0.1) is 0 Å². The van der Waals surface area contributed by atoms with E-state index in [9.17, 15) is 8.42 Å². The highest BCUT2D eigenvalue weighted by molar-refractivity contribution is 7.91. The average molecular weight is 281 g/mol. The molecule has 1 N–H and O–H groups in total. The van der Waals surface area contributed by atoms with E-state index < -0.39 is 9.84 Å². The first-order valence-corrected chi connectivity index (χ1v) is 7.53. The number of rotatable bonds is 5. The predicted octanol–water partition coefficient (Wildman–Crippen LogP) is 1.78. The Labute approximate surface area is 111 Å². The first-order chi connectivity index (χ1) is 9.03. The van der Waals surface area contributed by atoms with Crippen LogP contribution in [0.5, 0.6) is 0 Å². The number of aromatic nitrogens is 2. The normalized spacial score (nSPS) is 11.5. The van der Waals surface area contributed by atoms with Crippen LogP contribution in [-0.2, 0) is 16.4 Å². The molecular weight excluding hydrogens is 266 g/mol. The van der Waals surface area contributed by atoms with Gasteiger partial charge in [0.15, 0.2) is 15.7 Å². The van der Waals surface area contributed by atoms with Crippen LogP contribution in [0.4, 0.5) is 5.69 Å². The van der Waals surface area contributed by atoms with Crippen LogP contribution in [0.1, 0.15) is 18.6 Å². The van der Waals surface area contributed by atoms with E-state index in [-0.39, 0.29) is 10.6 Å². The first-order valence-electron chi connectivity index (χ1n) is 5.88. The molecule has 7 heteroatoms. The Hall–Kier alpha value is -1.89. The molecular formula is C12H15N3O3S. The minimum absolute atomic E-state index is 0.0625. The second kappa shape index (κ2) is 5.40. The zero-order chi connectivity index (χ0) is 13.9. The lowest BCUT2D eigenvalue weighted by atomic mass is 10.3. The molecule has 0 amide bonds. The molecule has 0 saturated carbocycles. The number of hydrogen-bond donors (Lipinski definition) is 1. The van der Waals surface area contributed by atoms with Gasteiger partial charge in [-0.2, -0.15) is 4.98 Å². The zero-order valence-electron chi connectivity index (χ0n) is 10.8. The molecule has 2 aromatic rings. The quantitative estimate of drug-likeness (QED) is 0.899. The molecule has 0 atom stereocenters. The second-order valence-corrected chi connectivity index (χ2v) is 6.23. The lowest BCUT2D eigenvalue weighted by Crippen LogP contribution is -2.09. The number of aryl methyl sites for hydroxylation is 1. The number of sulfone groups is 1. The summed E-state index contributed by atoms with van der Waals surface area (Å²) in [5.41, 5.74) is 0.548. The molecule has 1 aromatic heterocycles. The van der Waals surface area contributed by atoms with Gasteiger partial charge in [0.2, 0.25) is 5.89 Å². The third-order valence-electron chi connectivity index (χ3n) is 2.61. The van der Waals surface area contributed by atoms with Gasteiger partial charge in [-0.3, -0.25) is 0 Å². The van der Waals surface area contributed by atoms with Crippen molar-refractivity contribution in [2.75, 3.05) is 11.1 Å². The summed E-state index contributed by atoms with van der Waals surface area (Å²) in [6.07, 6.45) is 0. The van der Waals surface area contributed by atoms with Gasteiger partial charge in [-0.05, 0) is 12.1 Å². The van der Waals surface area contributed by atoms with E-state index in [1.54, 1.807) is 38.1 Å². The Morgan fingerprint density at radius 3 is 2.68 bits per heavy atom. The molecule has 19 heavy (non-hydrogen) atoms. The van der Waals surface area contributed by atoms with Crippen molar-refractivity contribution in [3.8, 4) is 0 Å². The highest BCUT2D eigenvalue weighted by atomic mass is 32.2. The molecule has 6 nitrogen and oxygen atoms in total. The summed E-state index contributed by atoms with van der Waals surface area (Å²) in [5, 5.41) is 6.76. The minimum atomic E-state index is -3.25. The summed E-state index contributed by atoms with van der Waals surface area (Å²) in [5.74, 6) is 1.03. The molecule has 0 fully saturated rings. The molecule has 0 bridgehead atoms. The number of anilines is 1. The average Bonchev–Trinajstić information content (AvgIpc) is 2.82. The van der Waals surface area contributed by atoms with Crippen LogP contribution < -0.4 is 5.32 Å². The van der Waals surface area contributed by atoms with Crippen molar-refractivity contribution in [3.05, 3.63) is 36.0 Å². The van der Waals surface area contributed by atoms with Gasteiger partial charge >= 0.3 is 0 Å². The maximum atomic E-state index is 11.9. The summed E-state index contributed by atoms with van der Waals surface area (Å²) in [6, 6.07) is 6.78. The lowest BCUT2D eigenvalue weighted by Gasteiger charge is -2.10. The Morgan fingerprint density at radius 2 is 2.05 bits per heavy atom. The van der Waals surface area contributed by atoms with E-state index in [0.717, 1.165) is 0 Å². The third kappa shape index (κ3) is 3.11. The SMILES string of the molecule is CCS(=O)(=O)c1ccccc1NCc1noc(C)n1. The van der Waals surface area contributed by atoms with Crippen molar-refractivity contribution in [1.29, 1.82) is 0 Å². The smallest absolute Gasteiger partial charge is 0.223 e. The van der Waals surface area contributed by atoms with Crippen LogP contribution in [0, 0.1) is 6.92 Å². The highest BCUT2D eigenvalue weighted by Crippen LogP contribution is 2.22. The predicted molar refractivity (Wildman–Crippen MR) is 70.5 cm³/mol. The van der Waals surface area contributed by atoms with Crippen molar-refractivity contribution in [1.82, 2.24) is 10.1 Å². The minimum Gasteiger partial charge on any atom is -0.377 e. The van der Waals surface area contributed by atoms with Crippen LogP contribution in [-0.4, -0.2) is 24.3 Å². The molecule has 0 spiro atoms. The number of nitrogens with one attached hydrogen (secondary N) is 1. The summed E-state index contributed by atoms with van der Waals surface area (Å²) >= 11 is 0. The molecule has 0 aliphatic heterocycles. The largest absolute Gasteiger partial charge is 0.377 e. The lowest BCUT2D eigenvalue weighted by molar-refractivity contribution is 0.388. The van der Waals surface area contributed by atoms with Crippen LogP contribution in [0.3, 0.4) is 0 Å². The maximum absolute atomic E-state index is 11.9. The van der Waals surface area contributed by atoms with Crippen LogP contribution in [0.2, 0.25) is 0 Å². The second-order valence-electron chi connectivity index (χ2n) is 3.98. The van der Waals surface area contributed by atoms with E-state index in [1.165, 1.54) is 0 Å². The fourth-order valence-electron chi connectivity index (χ4n) is 1.63. The molecule has 0 radical (unpaired) electrons. The van der Waals surface area contributed by atoms with Gasteiger partial charge in [0.05, 0.1) is 22.9 Å². The number of nitrogens with zero attached hydrogens (tertiary/aromatic N) is 2. The maximum Gasteiger partial charge on any atom is 0.223 e. The summed E-state index contributed by atoms with van der Waals surface area (Å²) in [6.45, 7) is 3.63. The third-order valence-corrected chi connectivity index (χ3v) is 4.39. The van der Waals surface area contributed by atoms with E-state index >= 15 is 0 Å². The number of para-hydroxylation sites is 1. The molecule has 2 rings (SSSR count). The molecule has 1 heterocycles. The van der Waals surface area contributed by atoms with Gasteiger partial charge in [-0.1, -0.05) is 24.2 Å². The molecule has 0 unspecified atom stereocenters. The van der Waals surface area contributed by atoms with Crippen LogP contribution in [0.15, 0.2) is 33.7 Å². The van der Waals surface area contributed by atoms with Crippen molar-refractivity contribution < 1.29 is 12.9 Å². The van der Waals surface area contributed by atoms with E-state index in [1.807, 2.05) is 0 Å². The van der Waals surface area contributed by atoms with Crippen molar-refractivity contribution in [2.45, 2.75) is 25.3 Å². The van der Waals surface area contributed by atoms with Crippen molar-refractivity contribution >= 4 is 15.5 Å². The Morgan fingerprint density at radius 1 is 1.32 bits per heavy atom. The first kappa shape index (κ1) is 13.5. The van der Waals surface area contributed by atoms with Gasteiger partial charge in [-0.25, -0.2) is 8.42 Å². The standard InChI is InChI=1S/C12H15N3O3S/c1-3-19(16,17)11-7-5-4-6-10(11)13-8-12-14-9(2)18-15-12/h4-7,13H,3,8H2,1-2H3. The van der Waals surface area contributed by atoms with E-state index in [4.69, 9.17) is 4.52 Å². The Balaban J connectivity index is 2.21. The van der Waals surface area contributed by atoms with Crippen molar-refractivity contribution in [3.63, 3.8) is 0 Å². The van der Waals surface area contributed by atoms with Gasteiger partial charge < -0.3 is 9.84 Å². The Bertz CT molecular complexity index is 664. The summed E-state index contributed by atoms with van der Waals surface area (Å²) < 4.78 is 28.7. The monoisotopic (exact) mass is 281 g/mol. The topological polar surface area (TPSA) is 85.1 Å². The molecule has 102 valence electrons. The van der Waals surface area contributed by atoms with E-state index in [2.05, 4.69) is 15.5 Å². The number of hydrogen-bond acceptors (Lipinski definition) is 6. The molecule has 1 aromatic carbocycles. The van der Waals surface area contributed by atoms with Gasteiger partial charge in [0.1, 0.15) is 0 Å². The molecule has 0 saturated heterocycles. The van der Waals surface area contributed by atoms with Gasteiger partial charge in [0, 0.05) is 6.92 Å². The number of benzene rings is 1. The highest BCUT2D eigenvalue weighted by Gasteiger charge is 2.16. The van der Waals surface area contributed by atoms with Crippen LogP contribution >= 0.6 is 0 Å². The van der Waals surface area contributed by atoms with Crippen LogP contribution in [0.25, 0.3) is 0 Å². The van der Waals surface area contributed by atoms with Gasteiger partial charge in [0.25, 0.3) is 0 Å². The fourth-order valence-corrected chi connectivity index (χ4v) is 2.70. The fraction of sp³-hybridized carbons (Fsp3) is 0.333. The zero-order valence-corrected chi connectivity index (χ0v) is 11.6. The van der Waals surface area contributed by atoms with Crippen molar-refractivity contribution in [2.24, 2.45) is 0 Å². The molecule has 0 aliphatic carbocycles. The Kier molecular flexibility index (Phi) is 3.84. The summed E-state index contributed by atoms with van der Waals surface area (Å²) in [4.78, 5) is 4.34. The van der Waals surface area contributed by atoms with E-state index in [0.29, 0.717) is 23.9 Å². The summed E-state index contributed by atoms with van der Waals surface area (Å²) in [7, 11) is -3.25.